The Morgan fingerprint density at radius 1 is 1.35 bits per heavy atom. The van der Waals surface area contributed by atoms with Crippen LogP contribution in [-0.4, -0.2) is 36.8 Å². The summed E-state index contributed by atoms with van der Waals surface area (Å²) in [6.45, 7) is 13.1. The highest BCUT2D eigenvalue weighted by atomic mass is 16.5. The molecule has 1 heterocycles. The van der Waals surface area contributed by atoms with Crippen LogP contribution in [0.15, 0.2) is 18.5 Å². The van der Waals surface area contributed by atoms with Crippen LogP contribution < -0.4 is 10.2 Å². The van der Waals surface area contributed by atoms with Gasteiger partial charge in [0.05, 0.1) is 12.7 Å². The van der Waals surface area contributed by atoms with Crippen molar-refractivity contribution in [3.05, 3.63) is 24.0 Å². The molecule has 0 aliphatic heterocycles. The molecule has 0 aromatic carbocycles. The third kappa shape index (κ3) is 6.35. The van der Waals surface area contributed by atoms with Crippen LogP contribution in [0.2, 0.25) is 0 Å². The Morgan fingerprint density at radius 3 is 2.65 bits per heavy atom. The van der Waals surface area contributed by atoms with Gasteiger partial charge in [0.2, 0.25) is 0 Å². The molecule has 0 unspecified atom stereocenters. The summed E-state index contributed by atoms with van der Waals surface area (Å²) in [6.07, 6.45) is 4.06. The number of aromatic nitrogens is 1. The summed E-state index contributed by atoms with van der Waals surface area (Å²) in [7, 11) is 2.10. The monoisotopic (exact) mass is 279 g/mol. The maximum atomic E-state index is 5.62. The molecule has 0 aliphatic carbocycles. The number of rotatable bonds is 7. The van der Waals surface area contributed by atoms with Gasteiger partial charge in [-0.05, 0) is 40.7 Å². The number of hydrogen-bond acceptors (Lipinski definition) is 4. The van der Waals surface area contributed by atoms with Crippen LogP contribution in [0.5, 0.6) is 0 Å². The van der Waals surface area contributed by atoms with Gasteiger partial charge in [-0.15, -0.1) is 0 Å². The molecular weight excluding hydrogens is 250 g/mol. The van der Waals surface area contributed by atoms with E-state index in [4.69, 9.17) is 4.74 Å². The largest absolute Gasteiger partial charge is 0.377 e. The molecule has 0 atom stereocenters. The molecule has 0 radical (unpaired) electrons. The zero-order valence-corrected chi connectivity index (χ0v) is 13.7. The van der Waals surface area contributed by atoms with Gasteiger partial charge in [0.25, 0.3) is 0 Å². The number of nitrogens with one attached hydrogen (secondary N) is 1. The Hall–Kier alpha value is -1.13. The van der Waals surface area contributed by atoms with E-state index in [1.165, 1.54) is 11.3 Å². The molecule has 20 heavy (non-hydrogen) atoms. The van der Waals surface area contributed by atoms with Crippen LogP contribution in [0, 0.1) is 0 Å². The average molecular weight is 279 g/mol. The fraction of sp³-hybridized carbons (Fsp3) is 0.688. The number of anilines is 1. The summed E-state index contributed by atoms with van der Waals surface area (Å²) < 4.78 is 5.62. The van der Waals surface area contributed by atoms with Crippen LogP contribution in [0.4, 0.5) is 5.69 Å². The highest BCUT2D eigenvalue weighted by Crippen LogP contribution is 2.18. The lowest BCUT2D eigenvalue weighted by atomic mass is 10.1. The van der Waals surface area contributed by atoms with Gasteiger partial charge in [-0.25, -0.2) is 0 Å². The van der Waals surface area contributed by atoms with Crippen molar-refractivity contribution in [2.24, 2.45) is 0 Å². The lowest BCUT2D eigenvalue weighted by Crippen LogP contribution is -2.35. The molecule has 1 rings (SSSR count). The first-order chi connectivity index (χ1) is 9.29. The number of hydrogen-bond donors (Lipinski definition) is 1. The number of nitrogens with zero attached hydrogens (tertiary/aromatic N) is 2. The van der Waals surface area contributed by atoms with Crippen LogP contribution in [0.1, 0.15) is 40.2 Å². The summed E-state index contributed by atoms with van der Waals surface area (Å²) in [5, 5.41) is 3.51. The standard InChI is InChI=1S/C16H29N3O/c1-13(2)20-10-9-19(6)15-7-8-17-11-14(15)12-18-16(3,4)5/h7-8,11,13,18H,9-10,12H2,1-6H3. The van der Waals surface area contributed by atoms with E-state index in [1.54, 1.807) is 0 Å². The minimum absolute atomic E-state index is 0.104. The van der Waals surface area contributed by atoms with Crippen LogP contribution >= 0.6 is 0 Å². The summed E-state index contributed by atoms with van der Waals surface area (Å²) in [5.74, 6) is 0. The second kappa shape index (κ2) is 7.60. The van der Waals surface area contributed by atoms with E-state index in [2.05, 4.69) is 62.9 Å². The summed E-state index contributed by atoms with van der Waals surface area (Å²) in [4.78, 5) is 6.46. The lowest BCUT2D eigenvalue weighted by molar-refractivity contribution is 0.0846. The molecule has 0 bridgehead atoms. The van der Waals surface area contributed by atoms with E-state index in [0.717, 1.165) is 19.7 Å². The molecule has 0 aliphatic rings. The summed E-state index contributed by atoms with van der Waals surface area (Å²) in [5.41, 5.74) is 2.53. The Balaban J connectivity index is 2.64. The van der Waals surface area contributed by atoms with Gasteiger partial charge in [-0.2, -0.15) is 0 Å². The molecule has 0 amide bonds. The Bertz CT molecular complexity index is 399. The topological polar surface area (TPSA) is 37.4 Å². The lowest BCUT2D eigenvalue weighted by Gasteiger charge is -2.25. The zero-order chi connectivity index (χ0) is 15.2. The molecule has 4 nitrogen and oxygen atoms in total. The smallest absolute Gasteiger partial charge is 0.0644 e. The van der Waals surface area contributed by atoms with Gasteiger partial charge < -0.3 is 15.0 Å². The molecule has 0 saturated heterocycles. The van der Waals surface area contributed by atoms with Gasteiger partial charge in [-0.1, -0.05) is 0 Å². The van der Waals surface area contributed by atoms with E-state index in [1.807, 2.05) is 12.4 Å². The van der Waals surface area contributed by atoms with Crippen molar-refractivity contribution in [3.63, 3.8) is 0 Å². The first kappa shape index (κ1) is 16.9. The van der Waals surface area contributed by atoms with Crippen LogP contribution in [0.3, 0.4) is 0 Å². The van der Waals surface area contributed by atoms with Crippen molar-refractivity contribution in [3.8, 4) is 0 Å². The van der Waals surface area contributed by atoms with E-state index < -0.39 is 0 Å². The van der Waals surface area contributed by atoms with E-state index in [9.17, 15) is 0 Å². The van der Waals surface area contributed by atoms with Crippen molar-refractivity contribution >= 4 is 5.69 Å². The molecular formula is C16H29N3O. The van der Waals surface area contributed by atoms with Crippen molar-refractivity contribution in [1.29, 1.82) is 0 Å². The van der Waals surface area contributed by atoms with Gasteiger partial charge >= 0.3 is 0 Å². The Morgan fingerprint density at radius 2 is 2.05 bits per heavy atom. The highest BCUT2D eigenvalue weighted by molar-refractivity contribution is 5.51. The highest BCUT2D eigenvalue weighted by Gasteiger charge is 2.12. The fourth-order valence-corrected chi connectivity index (χ4v) is 1.83. The first-order valence-corrected chi connectivity index (χ1v) is 7.30. The van der Waals surface area contributed by atoms with E-state index in [0.29, 0.717) is 0 Å². The SMILES string of the molecule is CC(C)OCCN(C)c1ccncc1CNC(C)(C)C. The molecule has 0 spiro atoms. The minimum Gasteiger partial charge on any atom is -0.377 e. The third-order valence-electron chi connectivity index (χ3n) is 2.98. The Kier molecular flexibility index (Phi) is 6.43. The number of ether oxygens (including phenoxy) is 1. The first-order valence-electron chi connectivity index (χ1n) is 7.30. The summed E-state index contributed by atoms with van der Waals surface area (Å²) >= 11 is 0. The molecule has 1 aromatic heterocycles. The van der Waals surface area contributed by atoms with Gasteiger partial charge in [0.1, 0.15) is 0 Å². The molecule has 114 valence electrons. The predicted molar refractivity (Wildman–Crippen MR) is 85.2 cm³/mol. The van der Waals surface area contributed by atoms with Gasteiger partial charge in [0.15, 0.2) is 0 Å². The quantitative estimate of drug-likeness (QED) is 0.833. The van der Waals surface area contributed by atoms with Crippen molar-refractivity contribution < 1.29 is 4.74 Å². The van der Waals surface area contributed by atoms with Gasteiger partial charge in [-0.3, -0.25) is 4.98 Å². The van der Waals surface area contributed by atoms with E-state index in [-0.39, 0.29) is 11.6 Å². The second-order valence-corrected chi connectivity index (χ2v) is 6.45. The molecule has 4 heteroatoms. The maximum Gasteiger partial charge on any atom is 0.0644 e. The maximum absolute atomic E-state index is 5.62. The molecule has 1 N–H and O–H groups in total. The molecule has 1 aromatic rings. The Labute approximate surface area is 123 Å². The van der Waals surface area contributed by atoms with Crippen molar-refractivity contribution in [1.82, 2.24) is 10.3 Å². The summed E-state index contributed by atoms with van der Waals surface area (Å²) in [6, 6.07) is 2.06. The molecule has 0 saturated carbocycles. The van der Waals surface area contributed by atoms with E-state index >= 15 is 0 Å². The van der Waals surface area contributed by atoms with Crippen molar-refractivity contribution in [2.45, 2.75) is 52.8 Å². The van der Waals surface area contributed by atoms with Crippen molar-refractivity contribution in [2.75, 3.05) is 25.1 Å². The minimum atomic E-state index is 0.104. The number of likely N-dealkylation sites (N-methyl/N-ethyl adjacent to an activating group) is 1. The van der Waals surface area contributed by atoms with Crippen LogP contribution in [0.25, 0.3) is 0 Å². The normalized spacial score (nSPS) is 11.9. The van der Waals surface area contributed by atoms with Crippen LogP contribution in [-0.2, 0) is 11.3 Å². The van der Waals surface area contributed by atoms with Gasteiger partial charge in [0, 0.05) is 49.3 Å². The number of pyridine rings is 1. The average Bonchev–Trinajstić information content (AvgIpc) is 2.35. The third-order valence-corrected chi connectivity index (χ3v) is 2.98. The second-order valence-electron chi connectivity index (χ2n) is 6.45. The predicted octanol–water partition coefficient (Wildman–Crippen LogP) is 2.83. The molecule has 0 fully saturated rings. The zero-order valence-electron chi connectivity index (χ0n) is 13.7. The fourth-order valence-electron chi connectivity index (χ4n) is 1.83.